The van der Waals surface area contributed by atoms with Crippen molar-refractivity contribution in [2.75, 3.05) is 11.3 Å². The van der Waals surface area contributed by atoms with E-state index in [-0.39, 0.29) is 18.2 Å². The number of halogens is 1. The largest absolute Gasteiger partial charge is 0.324 e. The Morgan fingerprint density at radius 3 is 2.56 bits per heavy atom. The van der Waals surface area contributed by atoms with E-state index in [0.29, 0.717) is 10.6 Å². The fourth-order valence-electron chi connectivity index (χ4n) is 3.64. The lowest BCUT2D eigenvalue weighted by molar-refractivity contribution is -0.120. The fourth-order valence-corrected chi connectivity index (χ4v) is 4.38. The van der Waals surface area contributed by atoms with E-state index in [9.17, 15) is 9.18 Å². The van der Waals surface area contributed by atoms with Crippen LogP contribution in [-0.2, 0) is 11.2 Å². The maximum atomic E-state index is 13.3. The fraction of sp³-hybridized carbons (Fsp3) is 0.364. The third-order valence-electron chi connectivity index (χ3n) is 5.02. The van der Waals surface area contributed by atoms with E-state index in [4.69, 9.17) is 5.26 Å². The van der Waals surface area contributed by atoms with Crippen LogP contribution in [0.25, 0.3) is 11.1 Å². The van der Waals surface area contributed by atoms with Crippen LogP contribution in [-0.4, -0.2) is 11.9 Å². The average Bonchev–Trinajstić information content (AvgIpc) is 2.72. The zero-order chi connectivity index (χ0) is 19.1. The predicted molar refractivity (Wildman–Crippen MR) is 108 cm³/mol. The Labute approximate surface area is 164 Å². The second-order valence-electron chi connectivity index (χ2n) is 6.75. The number of alkyl halides is 1. The Morgan fingerprint density at radius 1 is 1.15 bits per heavy atom. The maximum Gasteiger partial charge on any atom is 0.227 e. The summed E-state index contributed by atoms with van der Waals surface area (Å²) in [6, 6.07) is 15.1. The zero-order valence-corrected chi connectivity index (χ0v) is 16.0. The van der Waals surface area contributed by atoms with Gasteiger partial charge in [0.05, 0.1) is 18.2 Å². The molecule has 1 fully saturated rings. The highest BCUT2D eigenvalue weighted by molar-refractivity contribution is 7.99. The minimum atomic E-state index is -0.608. The number of amides is 1. The lowest BCUT2D eigenvalue weighted by Gasteiger charge is -2.23. The van der Waals surface area contributed by atoms with Crippen LogP contribution in [0.15, 0.2) is 47.4 Å². The number of thioether (sulfide) groups is 1. The van der Waals surface area contributed by atoms with Crippen LogP contribution in [0.4, 0.5) is 10.1 Å². The molecule has 1 saturated carbocycles. The topological polar surface area (TPSA) is 52.9 Å². The van der Waals surface area contributed by atoms with Crippen molar-refractivity contribution in [1.29, 1.82) is 5.26 Å². The molecule has 1 N–H and O–H groups in total. The Hall–Kier alpha value is -2.32. The van der Waals surface area contributed by atoms with Gasteiger partial charge in [0.2, 0.25) is 5.91 Å². The standard InChI is InChI=1S/C22H23FN2OS/c23-15-27-21-17(13-14-24)11-12-19(16-7-3-1-4-8-16)20(21)25-22(26)18-9-5-2-6-10-18/h1,3-4,7-8,11-12,18H,2,5-6,9-10,13,15H2,(H,25,26). The molecule has 2 aromatic rings. The summed E-state index contributed by atoms with van der Waals surface area (Å²) in [6.07, 6.45) is 5.31. The van der Waals surface area contributed by atoms with Crippen LogP contribution < -0.4 is 5.32 Å². The van der Waals surface area contributed by atoms with Gasteiger partial charge >= 0.3 is 0 Å². The van der Waals surface area contributed by atoms with Gasteiger partial charge in [-0.3, -0.25) is 4.79 Å². The Morgan fingerprint density at radius 2 is 1.89 bits per heavy atom. The molecule has 3 nitrogen and oxygen atoms in total. The van der Waals surface area contributed by atoms with E-state index in [0.717, 1.165) is 54.1 Å². The van der Waals surface area contributed by atoms with Gasteiger partial charge in [-0.15, -0.1) is 0 Å². The molecular weight excluding hydrogens is 359 g/mol. The van der Waals surface area contributed by atoms with E-state index in [1.54, 1.807) is 0 Å². The van der Waals surface area contributed by atoms with Crippen molar-refractivity contribution in [2.45, 2.75) is 43.4 Å². The number of carbonyl (C=O) groups excluding carboxylic acids is 1. The van der Waals surface area contributed by atoms with E-state index >= 15 is 0 Å². The monoisotopic (exact) mass is 382 g/mol. The summed E-state index contributed by atoms with van der Waals surface area (Å²) >= 11 is 1.03. The minimum absolute atomic E-state index is 0.00157. The number of anilines is 1. The quantitative estimate of drug-likeness (QED) is 0.627. The van der Waals surface area contributed by atoms with Gasteiger partial charge in [-0.25, -0.2) is 4.39 Å². The number of nitrogens with zero attached hydrogens (tertiary/aromatic N) is 1. The van der Waals surface area contributed by atoms with Crippen molar-refractivity contribution in [3.8, 4) is 17.2 Å². The number of benzene rings is 2. The minimum Gasteiger partial charge on any atom is -0.324 e. The molecule has 0 unspecified atom stereocenters. The lowest BCUT2D eigenvalue weighted by Crippen LogP contribution is -2.25. The molecule has 0 spiro atoms. The number of nitriles is 1. The molecule has 3 rings (SSSR count). The van der Waals surface area contributed by atoms with Gasteiger partial charge in [0.15, 0.2) is 0 Å². The molecule has 0 aliphatic heterocycles. The molecule has 0 saturated heterocycles. The van der Waals surface area contributed by atoms with E-state index < -0.39 is 6.01 Å². The molecule has 0 bridgehead atoms. The second-order valence-corrected chi connectivity index (χ2v) is 7.67. The van der Waals surface area contributed by atoms with E-state index in [1.807, 2.05) is 42.5 Å². The van der Waals surface area contributed by atoms with E-state index in [1.165, 1.54) is 6.42 Å². The molecule has 0 aromatic heterocycles. The average molecular weight is 383 g/mol. The molecule has 27 heavy (non-hydrogen) atoms. The van der Waals surface area contributed by atoms with Crippen molar-refractivity contribution in [2.24, 2.45) is 5.92 Å². The van der Waals surface area contributed by atoms with Crippen molar-refractivity contribution in [3.63, 3.8) is 0 Å². The van der Waals surface area contributed by atoms with Crippen LogP contribution in [0.3, 0.4) is 0 Å². The zero-order valence-electron chi connectivity index (χ0n) is 15.2. The highest BCUT2D eigenvalue weighted by Gasteiger charge is 2.24. The van der Waals surface area contributed by atoms with Gasteiger partial charge in [0, 0.05) is 16.4 Å². The lowest BCUT2D eigenvalue weighted by atomic mass is 9.88. The van der Waals surface area contributed by atoms with Gasteiger partial charge in [-0.05, 0) is 24.0 Å². The summed E-state index contributed by atoms with van der Waals surface area (Å²) in [4.78, 5) is 13.6. The molecule has 0 atom stereocenters. The van der Waals surface area contributed by atoms with Crippen molar-refractivity contribution < 1.29 is 9.18 Å². The third kappa shape index (κ3) is 4.70. The third-order valence-corrected chi connectivity index (χ3v) is 5.88. The van der Waals surface area contributed by atoms with Crippen LogP contribution >= 0.6 is 11.8 Å². The first-order valence-corrected chi connectivity index (χ1v) is 10.3. The van der Waals surface area contributed by atoms with Crippen LogP contribution in [0, 0.1) is 17.2 Å². The molecule has 0 heterocycles. The first-order chi connectivity index (χ1) is 13.2. The summed E-state index contributed by atoms with van der Waals surface area (Å²) in [5.74, 6) is 0.00641. The van der Waals surface area contributed by atoms with Gasteiger partial charge in [0.1, 0.15) is 6.01 Å². The highest BCUT2D eigenvalue weighted by Crippen LogP contribution is 2.40. The van der Waals surface area contributed by atoms with Crippen molar-refractivity contribution in [1.82, 2.24) is 0 Å². The maximum absolute atomic E-state index is 13.3. The SMILES string of the molecule is N#CCc1ccc(-c2ccccc2)c(NC(=O)C2CCCCC2)c1SCF. The number of hydrogen-bond acceptors (Lipinski definition) is 3. The van der Waals surface area contributed by atoms with Gasteiger partial charge in [-0.2, -0.15) is 5.26 Å². The predicted octanol–water partition coefficient (Wildman–Crippen LogP) is 5.96. The number of rotatable bonds is 6. The molecule has 2 aromatic carbocycles. The summed E-state index contributed by atoms with van der Waals surface area (Å²) in [5.41, 5.74) is 3.20. The highest BCUT2D eigenvalue weighted by atomic mass is 32.2. The molecular formula is C22H23FN2OS. The van der Waals surface area contributed by atoms with Crippen LogP contribution in [0.2, 0.25) is 0 Å². The molecule has 1 aliphatic rings. The summed E-state index contributed by atoms with van der Waals surface area (Å²) in [7, 11) is 0. The van der Waals surface area contributed by atoms with Crippen LogP contribution in [0.1, 0.15) is 37.7 Å². The Balaban J connectivity index is 2.04. The van der Waals surface area contributed by atoms with Gasteiger partial charge in [0.25, 0.3) is 0 Å². The molecule has 1 aliphatic carbocycles. The number of hydrogen-bond donors (Lipinski definition) is 1. The second kappa shape index (κ2) is 9.57. The molecule has 5 heteroatoms. The summed E-state index contributed by atoms with van der Waals surface area (Å²) in [5, 5.41) is 12.2. The van der Waals surface area contributed by atoms with Crippen molar-refractivity contribution in [3.05, 3.63) is 48.0 Å². The molecule has 140 valence electrons. The number of carbonyl (C=O) groups is 1. The van der Waals surface area contributed by atoms with Gasteiger partial charge in [-0.1, -0.05) is 73.5 Å². The Bertz CT molecular complexity index is 826. The Kier molecular flexibility index (Phi) is 6.89. The summed E-state index contributed by atoms with van der Waals surface area (Å²) < 4.78 is 13.3. The number of nitrogens with one attached hydrogen (secondary N) is 1. The molecule has 1 amide bonds. The normalized spacial score (nSPS) is 14.5. The summed E-state index contributed by atoms with van der Waals surface area (Å²) in [6.45, 7) is 0. The first kappa shape index (κ1) is 19.4. The smallest absolute Gasteiger partial charge is 0.227 e. The molecule has 0 radical (unpaired) electrons. The first-order valence-electron chi connectivity index (χ1n) is 9.32. The van der Waals surface area contributed by atoms with Gasteiger partial charge < -0.3 is 5.32 Å². The van der Waals surface area contributed by atoms with E-state index in [2.05, 4.69) is 11.4 Å². The van der Waals surface area contributed by atoms with Crippen molar-refractivity contribution >= 4 is 23.4 Å². The van der Waals surface area contributed by atoms with Crippen LogP contribution in [0.5, 0.6) is 0 Å².